The molecular weight excluding hydrogens is 410 g/mol. The fourth-order valence-electron chi connectivity index (χ4n) is 4.10. The van der Waals surface area contributed by atoms with Gasteiger partial charge in [-0.15, -0.1) is 0 Å². The van der Waals surface area contributed by atoms with E-state index in [1.807, 2.05) is 64.9 Å². The third-order valence-corrected chi connectivity index (χ3v) is 6.97. The van der Waals surface area contributed by atoms with Crippen molar-refractivity contribution in [2.24, 2.45) is 0 Å². The second-order valence-corrected chi connectivity index (χ2v) is 8.59. The van der Waals surface area contributed by atoms with Gasteiger partial charge in [-0.05, 0) is 36.6 Å². The van der Waals surface area contributed by atoms with Gasteiger partial charge in [0.25, 0.3) is 5.91 Å². The lowest BCUT2D eigenvalue weighted by Crippen LogP contribution is -2.36. The van der Waals surface area contributed by atoms with Gasteiger partial charge in [0.05, 0.1) is 19.9 Å². The number of carbonyl (C=O) groups is 1. The predicted octanol–water partition coefficient (Wildman–Crippen LogP) is 4.59. The minimum Gasteiger partial charge on any atom is -0.493 e. The van der Waals surface area contributed by atoms with Crippen LogP contribution in [0.5, 0.6) is 11.5 Å². The number of ether oxygens (including phenoxy) is 2. The summed E-state index contributed by atoms with van der Waals surface area (Å²) < 4.78 is 12.9. The van der Waals surface area contributed by atoms with Crippen molar-refractivity contribution < 1.29 is 14.3 Å². The third kappa shape index (κ3) is 3.35. The van der Waals surface area contributed by atoms with Crippen molar-refractivity contribution in [3.05, 3.63) is 70.4 Å². The van der Waals surface area contributed by atoms with Gasteiger partial charge >= 0.3 is 0 Å². The maximum atomic E-state index is 13.4. The molecule has 0 atom stereocenters. The Bertz CT molecular complexity index is 1280. The molecule has 6 nitrogen and oxygen atoms in total. The van der Waals surface area contributed by atoms with Crippen LogP contribution in [0.3, 0.4) is 0 Å². The van der Waals surface area contributed by atoms with Crippen molar-refractivity contribution in [2.75, 3.05) is 20.8 Å². The van der Waals surface area contributed by atoms with Crippen LogP contribution in [0.25, 0.3) is 16.2 Å². The lowest BCUT2D eigenvalue weighted by atomic mass is 9.98. The number of nitrogens with zero attached hydrogens (tertiary/aromatic N) is 3. The van der Waals surface area contributed by atoms with Gasteiger partial charge in [0.1, 0.15) is 4.88 Å². The van der Waals surface area contributed by atoms with Crippen LogP contribution in [-0.4, -0.2) is 41.0 Å². The highest BCUT2D eigenvalue weighted by atomic mass is 32.1. The molecule has 0 fully saturated rings. The summed E-state index contributed by atoms with van der Waals surface area (Å²) in [5.41, 5.74) is 5.22. The molecule has 5 rings (SSSR count). The molecule has 0 saturated carbocycles. The van der Waals surface area contributed by atoms with E-state index in [2.05, 4.69) is 0 Å². The van der Waals surface area contributed by atoms with Crippen LogP contribution in [0.1, 0.15) is 26.5 Å². The summed E-state index contributed by atoms with van der Waals surface area (Å²) in [6.45, 7) is 3.22. The number of hydrogen-bond acceptors (Lipinski definition) is 5. The average molecular weight is 434 g/mol. The molecule has 3 heterocycles. The van der Waals surface area contributed by atoms with E-state index in [0.717, 1.165) is 44.5 Å². The molecule has 2 aromatic heterocycles. The van der Waals surface area contributed by atoms with Gasteiger partial charge in [0, 0.05) is 30.5 Å². The van der Waals surface area contributed by atoms with Crippen LogP contribution in [0, 0.1) is 6.92 Å². The van der Waals surface area contributed by atoms with Gasteiger partial charge in [-0.25, -0.2) is 4.98 Å². The zero-order valence-electron chi connectivity index (χ0n) is 17.7. The van der Waals surface area contributed by atoms with E-state index in [4.69, 9.17) is 14.5 Å². The van der Waals surface area contributed by atoms with Gasteiger partial charge in [0.2, 0.25) is 0 Å². The van der Waals surface area contributed by atoms with E-state index in [1.54, 1.807) is 14.2 Å². The van der Waals surface area contributed by atoms with Crippen molar-refractivity contribution in [3.63, 3.8) is 0 Å². The van der Waals surface area contributed by atoms with Gasteiger partial charge in [-0.2, -0.15) is 0 Å². The predicted molar refractivity (Wildman–Crippen MR) is 121 cm³/mol. The molecule has 1 aliphatic rings. The number of benzene rings is 2. The summed E-state index contributed by atoms with van der Waals surface area (Å²) in [6.07, 6.45) is 2.80. The molecule has 0 saturated heterocycles. The Morgan fingerprint density at radius 2 is 1.77 bits per heavy atom. The van der Waals surface area contributed by atoms with Gasteiger partial charge < -0.3 is 14.4 Å². The number of hydrogen-bond donors (Lipinski definition) is 0. The standard InChI is InChI=1S/C24H23N3O3S/c1-15-22(31-24-25-19(14-27(15)24)16-7-5-4-6-8-16)23(28)26-10-9-17-11-20(29-2)21(30-3)12-18(17)13-26/h4-8,11-12,14H,9-10,13H2,1-3H3. The van der Waals surface area contributed by atoms with Gasteiger partial charge in [-0.3, -0.25) is 9.20 Å². The molecule has 0 N–H and O–H groups in total. The molecule has 4 aromatic rings. The minimum absolute atomic E-state index is 0.0506. The first-order valence-electron chi connectivity index (χ1n) is 10.2. The van der Waals surface area contributed by atoms with Crippen LogP contribution in [0.15, 0.2) is 48.7 Å². The number of imidazole rings is 1. The highest BCUT2D eigenvalue weighted by Gasteiger charge is 2.27. The van der Waals surface area contributed by atoms with E-state index < -0.39 is 0 Å². The Labute approximate surface area is 184 Å². The lowest BCUT2D eigenvalue weighted by molar-refractivity contribution is 0.0738. The fourth-order valence-corrected chi connectivity index (χ4v) is 5.17. The van der Waals surface area contributed by atoms with E-state index in [9.17, 15) is 4.79 Å². The molecule has 0 radical (unpaired) electrons. The Morgan fingerprint density at radius 3 is 2.45 bits per heavy atom. The third-order valence-electron chi connectivity index (χ3n) is 5.83. The quantitative estimate of drug-likeness (QED) is 0.473. The maximum Gasteiger partial charge on any atom is 0.266 e. The first kappa shape index (κ1) is 19.6. The average Bonchev–Trinajstić information content (AvgIpc) is 3.37. The number of fused-ring (bicyclic) bond motifs is 2. The number of amides is 1. The number of aryl methyl sites for hydroxylation is 1. The topological polar surface area (TPSA) is 56.1 Å². The van der Waals surface area contributed by atoms with E-state index in [-0.39, 0.29) is 5.91 Å². The van der Waals surface area contributed by atoms with Crippen molar-refractivity contribution in [2.45, 2.75) is 19.9 Å². The van der Waals surface area contributed by atoms with Crippen LogP contribution in [0.4, 0.5) is 0 Å². The van der Waals surface area contributed by atoms with Crippen LogP contribution in [0.2, 0.25) is 0 Å². The highest BCUT2D eigenvalue weighted by Crippen LogP contribution is 2.34. The molecule has 2 aromatic carbocycles. The van der Waals surface area contributed by atoms with Gasteiger partial charge in [-0.1, -0.05) is 41.7 Å². The Morgan fingerprint density at radius 1 is 1.06 bits per heavy atom. The number of methoxy groups -OCH3 is 2. The minimum atomic E-state index is 0.0506. The highest BCUT2D eigenvalue weighted by molar-refractivity contribution is 7.19. The Kier molecular flexibility index (Phi) is 4.90. The zero-order chi connectivity index (χ0) is 21.5. The number of aromatic nitrogens is 2. The maximum absolute atomic E-state index is 13.4. The zero-order valence-corrected chi connectivity index (χ0v) is 18.5. The van der Waals surface area contributed by atoms with E-state index in [1.165, 1.54) is 16.9 Å². The summed E-state index contributed by atoms with van der Waals surface area (Å²) in [5.74, 6) is 1.47. The van der Waals surface area contributed by atoms with Crippen molar-refractivity contribution >= 4 is 22.2 Å². The van der Waals surface area contributed by atoms with Crippen molar-refractivity contribution in [1.82, 2.24) is 14.3 Å². The molecule has 0 spiro atoms. The second kappa shape index (κ2) is 7.74. The van der Waals surface area contributed by atoms with Crippen LogP contribution < -0.4 is 9.47 Å². The van der Waals surface area contributed by atoms with Crippen molar-refractivity contribution in [3.8, 4) is 22.8 Å². The largest absolute Gasteiger partial charge is 0.493 e. The molecule has 1 amide bonds. The Balaban J connectivity index is 1.43. The molecule has 0 unspecified atom stereocenters. The molecule has 1 aliphatic heterocycles. The smallest absolute Gasteiger partial charge is 0.266 e. The number of thiazole rings is 1. The summed E-state index contributed by atoms with van der Waals surface area (Å²) in [6, 6.07) is 14.1. The summed E-state index contributed by atoms with van der Waals surface area (Å²) in [7, 11) is 3.27. The van der Waals surface area contributed by atoms with Crippen LogP contribution >= 0.6 is 11.3 Å². The van der Waals surface area contributed by atoms with E-state index in [0.29, 0.717) is 18.8 Å². The summed E-state index contributed by atoms with van der Waals surface area (Å²) >= 11 is 1.45. The molecule has 0 bridgehead atoms. The SMILES string of the molecule is COc1cc2c(cc1OC)CN(C(=O)c1sc3nc(-c4ccccc4)cn3c1C)CC2. The van der Waals surface area contributed by atoms with Crippen LogP contribution in [-0.2, 0) is 13.0 Å². The normalized spacial score (nSPS) is 13.3. The lowest BCUT2D eigenvalue weighted by Gasteiger charge is -2.29. The number of rotatable bonds is 4. The molecule has 31 heavy (non-hydrogen) atoms. The van der Waals surface area contributed by atoms with Crippen molar-refractivity contribution in [1.29, 1.82) is 0 Å². The second-order valence-electron chi connectivity index (χ2n) is 7.61. The Hall–Kier alpha value is -3.32. The summed E-state index contributed by atoms with van der Waals surface area (Å²) in [5, 5.41) is 0. The first-order chi connectivity index (χ1) is 15.1. The molecule has 158 valence electrons. The first-order valence-corrected chi connectivity index (χ1v) is 11.0. The number of carbonyl (C=O) groups excluding carboxylic acids is 1. The molecule has 7 heteroatoms. The van der Waals surface area contributed by atoms with E-state index >= 15 is 0 Å². The monoisotopic (exact) mass is 433 g/mol. The summed E-state index contributed by atoms with van der Waals surface area (Å²) in [4.78, 5) is 21.6. The van der Waals surface area contributed by atoms with Gasteiger partial charge in [0.15, 0.2) is 16.5 Å². The molecule has 0 aliphatic carbocycles. The fraction of sp³-hybridized carbons (Fsp3) is 0.250. The molecular formula is C24H23N3O3S.